The Hall–Kier alpha value is -1.98. The Labute approximate surface area is 87.1 Å². The molecule has 1 rings (SSSR count). The van der Waals surface area contributed by atoms with Gasteiger partial charge in [0.2, 0.25) is 5.95 Å². The van der Waals surface area contributed by atoms with Gasteiger partial charge >= 0.3 is 6.03 Å². The number of nitrogens with one attached hydrogen (secondary N) is 2. The molecule has 1 aromatic heterocycles. The lowest BCUT2D eigenvalue weighted by molar-refractivity contribution is -0.116. The van der Waals surface area contributed by atoms with Crippen molar-refractivity contribution in [3.8, 4) is 0 Å². The fraction of sp³-hybridized carbons (Fsp3) is 0.333. The number of hydrogen-bond donors (Lipinski definition) is 2. The van der Waals surface area contributed by atoms with Crippen LogP contribution in [0.4, 0.5) is 10.7 Å². The first-order valence-corrected chi connectivity index (χ1v) is 4.50. The second-order valence-electron chi connectivity index (χ2n) is 2.91. The molecule has 1 aromatic rings. The van der Waals surface area contributed by atoms with Crippen molar-refractivity contribution in [2.75, 3.05) is 11.9 Å². The smallest absolute Gasteiger partial charge is 0.321 e. The van der Waals surface area contributed by atoms with E-state index in [2.05, 4.69) is 20.6 Å². The molecular formula is C9H12N4O2. The summed E-state index contributed by atoms with van der Waals surface area (Å²) in [6.45, 7) is 1.79. The average molecular weight is 208 g/mol. The number of hydrogen-bond acceptors (Lipinski definition) is 4. The van der Waals surface area contributed by atoms with Crippen LogP contribution in [0.1, 0.15) is 13.3 Å². The maximum atomic E-state index is 11.2. The van der Waals surface area contributed by atoms with E-state index in [0.717, 1.165) is 0 Å². The molecule has 6 nitrogen and oxygen atoms in total. The number of urea groups is 1. The molecule has 2 amide bonds. The molecule has 0 aliphatic carbocycles. The highest BCUT2D eigenvalue weighted by Crippen LogP contribution is 1.92. The van der Waals surface area contributed by atoms with Gasteiger partial charge in [0.1, 0.15) is 5.78 Å². The van der Waals surface area contributed by atoms with Crippen LogP contribution in [0.5, 0.6) is 0 Å². The zero-order valence-electron chi connectivity index (χ0n) is 8.36. The Balaban J connectivity index is 2.28. The van der Waals surface area contributed by atoms with E-state index in [1.165, 1.54) is 19.3 Å². The maximum Gasteiger partial charge on any atom is 0.321 e. The lowest BCUT2D eigenvalue weighted by Crippen LogP contribution is -2.30. The van der Waals surface area contributed by atoms with E-state index >= 15 is 0 Å². The molecule has 0 aromatic carbocycles. The summed E-state index contributed by atoms with van der Waals surface area (Å²) in [5.41, 5.74) is 0. The Morgan fingerprint density at radius 1 is 1.33 bits per heavy atom. The molecule has 15 heavy (non-hydrogen) atoms. The minimum atomic E-state index is -0.414. The zero-order chi connectivity index (χ0) is 11.1. The number of nitrogens with zero attached hydrogens (tertiary/aromatic N) is 2. The highest BCUT2D eigenvalue weighted by atomic mass is 16.2. The van der Waals surface area contributed by atoms with Gasteiger partial charge in [-0.3, -0.25) is 10.1 Å². The van der Waals surface area contributed by atoms with Gasteiger partial charge in [-0.2, -0.15) is 0 Å². The summed E-state index contributed by atoms with van der Waals surface area (Å²) in [4.78, 5) is 29.4. The van der Waals surface area contributed by atoms with Crippen molar-refractivity contribution in [2.45, 2.75) is 13.3 Å². The molecule has 0 saturated heterocycles. The van der Waals surface area contributed by atoms with E-state index in [9.17, 15) is 9.59 Å². The molecule has 0 saturated carbocycles. The van der Waals surface area contributed by atoms with Crippen LogP contribution < -0.4 is 10.6 Å². The molecule has 0 atom stereocenters. The Morgan fingerprint density at radius 3 is 2.60 bits per heavy atom. The van der Waals surface area contributed by atoms with Crippen molar-refractivity contribution in [3.63, 3.8) is 0 Å². The van der Waals surface area contributed by atoms with Crippen molar-refractivity contribution in [1.29, 1.82) is 0 Å². The minimum Gasteiger partial charge on any atom is -0.337 e. The molecular weight excluding hydrogens is 196 g/mol. The van der Waals surface area contributed by atoms with Gasteiger partial charge in [0.25, 0.3) is 0 Å². The van der Waals surface area contributed by atoms with E-state index in [4.69, 9.17) is 0 Å². The predicted molar refractivity (Wildman–Crippen MR) is 54.4 cm³/mol. The summed E-state index contributed by atoms with van der Waals surface area (Å²) in [7, 11) is 0. The molecule has 0 bridgehead atoms. The van der Waals surface area contributed by atoms with E-state index in [1.807, 2.05) is 0 Å². The molecule has 80 valence electrons. The van der Waals surface area contributed by atoms with Crippen molar-refractivity contribution in [2.24, 2.45) is 0 Å². The lowest BCUT2D eigenvalue weighted by atomic mass is 10.3. The summed E-state index contributed by atoms with van der Waals surface area (Å²) < 4.78 is 0. The van der Waals surface area contributed by atoms with E-state index < -0.39 is 6.03 Å². The van der Waals surface area contributed by atoms with Crippen molar-refractivity contribution < 1.29 is 9.59 Å². The highest BCUT2D eigenvalue weighted by Gasteiger charge is 2.02. The Kier molecular flexibility index (Phi) is 4.21. The number of carbonyl (C=O) groups is 2. The summed E-state index contributed by atoms with van der Waals surface area (Å²) in [5.74, 6) is 0.268. The van der Waals surface area contributed by atoms with Crippen molar-refractivity contribution in [3.05, 3.63) is 18.5 Å². The van der Waals surface area contributed by atoms with E-state index in [1.54, 1.807) is 6.07 Å². The fourth-order valence-electron chi connectivity index (χ4n) is 0.861. The van der Waals surface area contributed by atoms with Crippen LogP contribution in [0.3, 0.4) is 0 Å². The van der Waals surface area contributed by atoms with Crippen LogP contribution in [0, 0.1) is 0 Å². The van der Waals surface area contributed by atoms with Gasteiger partial charge in [0, 0.05) is 25.4 Å². The van der Waals surface area contributed by atoms with Gasteiger partial charge in [-0.1, -0.05) is 0 Å². The average Bonchev–Trinajstić information content (AvgIpc) is 2.18. The second-order valence-corrected chi connectivity index (χ2v) is 2.91. The summed E-state index contributed by atoms with van der Waals surface area (Å²) in [6.07, 6.45) is 3.37. The number of amides is 2. The van der Waals surface area contributed by atoms with Gasteiger partial charge in [0.05, 0.1) is 0 Å². The zero-order valence-corrected chi connectivity index (χ0v) is 8.36. The van der Waals surface area contributed by atoms with Crippen molar-refractivity contribution >= 4 is 17.8 Å². The first-order valence-electron chi connectivity index (χ1n) is 4.50. The van der Waals surface area contributed by atoms with Crippen LogP contribution in [-0.4, -0.2) is 28.3 Å². The Morgan fingerprint density at radius 2 is 2.00 bits per heavy atom. The largest absolute Gasteiger partial charge is 0.337 e. The molecule has 6 heteroatoms. The third kappa shape index (κ3) is 4.70. The minimum absolute atomic E-state index is 0.0336. The monoisotopic (exact) mass is 208 g/mol. The van der Waals surface area contributed by atoms with Gasteiger partial charge in [-0.15, -0.1) is 0 Å². The number of carbonyl (C=O) groups excluding carboxylic acids is 2. The number of Topliss-reactive ketones (excluding diaryl/α,β-unsaturated/α-hetero) is 1. The van der Waals surface area contributed by atoms with Gasteiger partial charge in [0.15, 0.2) is 0 Å². The molecule has 0 radical (unpaired) electrons. The molecule has 2 N–H and O–H groups in total. The first kappa shape index (κ1) is 11.1. The van der Waals surface area contributed by atoms with Crippen LogP contribution in [-0.2, 0) is 4.79 Å². The standard InChI is InChI=1S/C9H12N4O2/c1-7(14)3-6-12-9(15)13-8-10-4-2-5-11-8/h2,4-5H,3,6H2,1H3,(H2,10,11,12,13,15). The molecule has 0 unspecified atom stereocenters. The molecule has 0 aliphatic rings. The molecule has 0 fully saturated rings. The van der Waals surface area contributed by atoms with Crippen molar-refractivity contribution in [1.82, 2.24) is 15.3 Å². The number of rotatable bonds is 4. The topological polar surface area (TPSA) is 84.0 Å². The summed E-state index contributed by atoms with van der Waals surface area (Å²) >= 11 is 0. The predicted octanol–water partition coefficient (Wildman–Crippen LogP) is 0.577. The third-order valence-electron chi connectivity index (χ3n) is 1.55. The lowest BCUT2D eigenvalue weighted by Gasteiger charge is -2.04. The summed E-state index contributed by atoms with van der Waals surface area (Å²) in [6, 6.07) is 1.24. The third-order valence-corrected chi connectivity index (χ3v) is 1.55. The van der Waals surface area contributed by atoms with Crippen LogP contribution >= 0.6 is 0 Å². The number of ketones is 1. The first-order chi connectivity index (χ1) is 7.18. The number of anilines is 1. The summed E-state index contributed by atoms with van der Waals surface area (Å²) in [5, 5.41) is 4.94. The van der Waals surface area contributed by atoms with E-state index in [-0.39, 0.29) is 11.7 Å². The van der Waals surface area contributed by atoms with Crippen LogP contribution in [0.25, 0.3) is 0 Å². The molecule has 1 heterocycles. The van der Waals surface area contributed by atoms with Crippen LogP contribution in [0.2, 0.25) is 0 Å². The van der Waals surface area contributed by atoms with Crippen LogP contribution in [0.15, 0.2) is 18.5 Å². The number of aromatic nitrogens is 2. The van der Waals surface area contributed by atoms with Gasteiger partial charge in [-0.25, -0.2) is 14.8 Å². The fourth-order valence-corrected chi connectivity index (χ4v) is 0.861. The Bertz CT molecular complexity index is 339. The van der Waals surface area contributed by atoms with Gasteiger partial charge < -0.3 is 5.32 Å². The second kappa shape index (κ2) is 5.69. The van der Waals surface area contributed by atoms with Gasteiger partial charge in [-0.05, 0) is 13.0 Å². The SMILES string of the molecule is CC(=O)CCNC(=O)Nc1ncccn1. The maximum absolute atomic E-state index is 11.2. The molecule has 0 spiro atoms. The molecule has 0 aliphatic heterocycles. The van der Waals surface area contributed by atoms with E-state index in [0.29, 0.717) is 13.0 Å². The quantitative estimate of drug-likeness (QED) is 0.757. The normalized spacial score (nSPS) is 9.40. The highest BCUT2D eigenvalue weighted by molar-refractivity contribution is 5.87.